The maximum absolute atomic E-state index is 5.91. The summed E-state index contributed by atoms with van der Waals surface area (Å²) in [6.07, 6.45) is 0. The fourth-order valence-electron chi connectivity index (χ4n) is 0.976. The Labute approximate surface area is 94.6 Å². The highest BCUT2D eigenvalue weighted by atomic mass is 35.5. The third-order valence-corrected chi connectivity index (χ3v) is 2.28. The molecule has 6 heteroatoms. The number of nitrogens with zero attached hydrogens (tertiary/aromatic N) is 2. The van der Waals surface area contributed by atoms with Gasteiger partial charge < -0.3 is 4.42 Å². The molecule has 0 spiro atoms. The molecule has 0 N–H and O–H groups in total. The zero-order valence-electron chi connectivity index (χ0n) is 6.67. The van der Waals surface area contributed by atoms with Crippen LogP contribution >= 0.6 is 34.8 Å². The van der Waals surface area contributed by atoms with Crippen LogP contribution in [-0.2, 0) is 0 Å². The molecule has 0 fully saturated rings. The van der Waals surface area contributed by atoms with E-state index in [1.165, 1.54) is 0 Å². The van der Waals surface area contributed by atoms with E-state index in [0.717, 1.165) is 0 Å². The van der Waals surface area contributed by atoms with Gasteiger partial charge in [0.25, 0.3) is 5.89 Å². The van der Waals surface area contributed by atoms with Crippen LogP contribution in [0.3, 0.4) is 0 Å². The third-order valence-electron chi connectivity index (χ3n) is 1.56. The quantitative estimate of drug-likeness (QED) is 0.773. The maximum Gasteiger partial charge on any atom is 0.313 e. The Hall–Kier alpha value is -0.770. The normalized spacial score (nSPS) is 10.5. The van der Waals surface area contributed by atoms with Crippen molar-refractivity contribution in [3.63, 3.8) is 0 Å². The van der Waals surface area contributed by atoms with Crippen LogP contribution in [0.5, 0.6) is 0 Å². The van der Waals surface area contributed by atoms with Crippen LogP contribution < -0.4 is 0 Å². The van der Waals surface area contributed by atoms with Crippen LogP contribution in [-0.4, -0.2) is 10.2 Å². The van der Waals surface area contributed by atoms with E-state index in [1.54, 1.807) is 18.2 Å². The minimum absolute atomic E-state index is 0.0314. The lowest BCUT2D eigenvalue weighted by atomic mass is 10.2. The molecule has 0 aliphatic rings. The van der Waals surface area contributed by atoms with Crippen LogP contribution in [0, 0.1) is 0 Å². The molecule has 0 unspecified atom stereocenters. The lowest BCUT2D eigenvalue weighted by Gasteiger charge is -1.98. The highest BCUT2D eigenvalue weighted by Crippen LogP contribution is 2.30. The first-order valence-electron chi connectivity index (χ1n) is 3.61. The molecule has 0 saturated heterocycles. The van der Waals surface area contributed by atoms with Crippen molar-refractivity contribution in [1.29, 1.82) is 0 Å². The molecule has 0 bridgehead atoms. The second-order valence-electron chi connectivity index (χ2n) is 2.48. The van der Waals surface area contributed by atoms with Gasteiger partial charge in [-0.25, -0.2) is 0 Å². The van der Waals surface area contributed by atoms with Gasteiger partial charge in [-0.3, -0.25) is 0 Å². The number of benzene rings is 1. The summed E-state index contributed by atoms with van der Waals surface area (Å²) >= 11 is 17.2. The topological polar surface area (TPSA) is 38.9 Å². The van der Waals surface area contributed by atoms with Crippen molar-refractivity contribution in [2.75, 3.05) is 0 Å². The van der Waals surface area contributed by atoms with Gasteiger partial charge in [0.1, 0.15) is 0 Å². The molecule has 1 aromatic carbocycles. The lowest BCUT2D eigenvalue weighted by molar-refractivity contribution is 0.571. The molecule has 0 amide bonds. The summed E-state index contributed by atoms with van der Waals surface area (Å²) < 4.78 is 5.01. The van der Waals surface area contributed by atoms with Gasteiger partial charge in [0.05, 0.1) is 10.6 Å². The predicted octanol–water partition coefficient (Wildman–Crippen LogP) is 3.70. The van der Waals surface area contributed by atoms with Crippen molar-refractivity contribution in [3.8, 4) is 11.5 Å². The van der Waals surface area contributed by atoms with E-state index in [1.807, 2.05) is 0 Å². The molecular weight excluding hydrogens is 246 g/mol. The van der Waals surface area contributed by atoms with E-state index in [-0.39, 0.29) is 11.2 Å². The van der Waals surface area contributed by atoms with Crippen molar-refractivity contribution in [1.82, 2.24) is 10.2 Å². The minimum atomic E-state index is -0.0314. The van der Waals surface area contributed by atoms with Gasteiger partial charge in [0, 0.05) is 5.02 Å². The van der Waals surface area contributed by atoms with E-state index < -0.39 is 0 Å². The summed E-state index contributed by atoms with van der Waals surface area (Å²) in [5.41, 5.74) is 0.568. The molecule has 2 rings (SSSR count). The van der Waals surface area contributed by atoms with E-state index in [9.17, 15) is 0 Å². The van der Waals surface area contributed by atoms with Gasteiger partial charge in [-0.1, -0.05) is 28.3 Å². The molecule has 14 heavy (non-hydrogen) atoms. The fraction of sp³-hybridized carbons (Fsp3) is 0. The molecule has 0 aliphatic heterocycles. The fourth-order valence-corrected chi connectivity index (χ4v) is 1.46. The van der Waals surface area contributed by atoms with Crippen LogP contribution in [0.1, 0.15) is 0 Å². The van der Waals surface area contributed by atoms with E-state index in [2.05, 4.69) is 10.2 Å². The molecule has 2 aromatic rings. The molecule has 0 saturated carbocycles. The smallest absolute Gasteiger partial charge is 0.313 e. The average molecular weight is 249 g/mol. The number of halogens is 3. The Bertz CT molecular complexity index is 469. The second-order valence-corrected chi connectivity index (χ2v) is 3.65. The van der Waals surface area contributed by atoms with Crippen molar-refractivity contribution in [2.24, 2.45) is 0 Å². The SMILES string of the molecule is Clc1ccc(Cl)c(-c2nnc(Cl)o2)c1. The molecule has 3 nitrogen and oxygen atoms in total. The summed E-state index contributed by atoms with van der Waals surface area (Å²) in [6, 6.07) is 4.95. The number of rotatable bonds is 1. The zero-order valence-corrected chi connectivity index (χ0v) is 8.94. The highest BCUT2D eigenvalue weighted by molar-refractivity contribution is 6.35. The van der Waals surface area contributed by atoms with Crippen molar-refractivity contribution < 1.29 is 4.42 Å². The summed E-state index contributed by atoms with van der Waals surface area (Å²) in [5.74, 6) is 0.252. The Morgan fingerprint density at radius 2 is 1.86 bits per heavy atom. The standard InChI is InChI=1S/C8H3Cl3N2O/c9-4-1-2-6(10)5(3-4)7-12-13-8(11)14-7/h1-3H. The van der Waals surface area contributed by atoms with E-state index >= 15 is 0 Å². The Balaban J connectivity index is 2.55. The van der Waals surface area contributed by atoms with Gasteiger partial charge in [-0.15, -0.1) is 5.10 Å². The largest absolute Gasteiger partial charge is 0.407 e. The first-order valence-corrected chi connectivity index (χ1v) is 4.74. The number of hydrogen-bond acceptors (Lipinski definition) is 3. The third kappa shape index (κ3) is 1.85. The number of hydrogen-bond donors (Lipinski definition) is 0. The Morgan fingerprint density at radius 1 is 1.07 bits per heavy atom. The second kappa shape index (κ2) is 3.77. The summed E-state index contributed by atoms with van der Waals surface area (Å²) in [7, 11) is 0. The van der Waals surface area contributed by atoms with Crippen molar-refractivity contribution in [3.05, 3.63) is 33.6 Å². The number of aromatic nitrogens is 2. The van der Waals surface area contributed by atoms with Crippen LogP contribution in [0.4, 0.5) is 0 Å². The van der Waals surface area contributed by atoms with E-state index in [0.29, 0.717) is 15.6 Å². The molecular formula is C8H3Cl3N2O. The van der Waals surface area contributed by atoms with Crippen LogP contribution in [0.2, 0.25) is 15.4 Å². The molecule has 1 aromatic heterocycles. The molecule has 1 heterocycles. The zero-order chi connectivity index (χ0) is 10.1. The van der Waals surface area contributed by atoms with Gasteiger partial charge in [-0.2, -0.15) is 0 Å². The molecule has 0 aliphatic carbocycles. The first-order chi connectivity index (χ1) is 6.66. The van der Waals surface area contributed by atoms with Gasteiger partial charge in [0.15, 0.2) is 0 Å². The lowest BCUT2D eigenvalue weighted by Crippen LogP contribution is -1.79. The summed E-state index contributed by atoms with van der Waals surface area (Å²) in [6.45, 7) is 0. The molecule has 0 radical (unpaired) electrons. The van der Waals surface area contributed by atoms with Gasteiger partial charge in [-0.05, 0) is 29.8 Å². The maximum atomic E-state index is 5.91. The summed E-state index contributed by atoms with van der Waals surface area (Å²) in [5, 5.41) is 8.20. The van der Waals surface area contributed by atoms with E-state index in [4.69, 9.17) is 39.2 Å². The molecule has 72 valence electrons. The van der Waals surface area contributed by atoms with Crippen molar-refractivity contribution in [2.45, 2.75) is 0 Å². The molecule has 0 atom stereocenters. The van der Waals surface area contributed by atoms with Crippen LogP contribution in [0.15, 0.2) is 22.6 Å². The first kappa shape index (κ1) is 9.77. The summed E-state index contributed by atoms with van der Waals surface area (Å²) in [4.78, 5) is 0. The predicted molar refractivity (Wildman–Crippen MR) is 54.8 cm³/mol. The Morgan fingerprint density at radius 3 is 2.50 bits per heavy atom. The van der Waals surface area contributed by atoms with Crippen LogP contribution in [0.25, 0.3) is 11.5 Å². The minimum Gasteiger partial charge on any atom is -0.407 e. The monoisotopic (exact) mass is 248 g/mol. The average Bonchev–Trinajstić information content (AvgIpc) is 2.56. The Kier molecular flexibility index (Phi) is 2.63. The van der Waals surface area contributed by atoms with Gasteiger partial charge >= 0.3 is 5.35 Å². The highest BCUT2D eigenvalue weighted by Gasteiger charge is 2.11. The van der Waals surface area contributed by atoms with Crippen molar-refractivity contribution >= 4 is 34.8 Å². The van der Waals surface area contributed by atoms with Gasteiger partial charge in [0.2, 0.25) is 0 Å².